The standard InChI is InChI=1S/C49H96NO7P/c1-6-8-10-12-14-16-18-20-22-24-25-26-28-30-32-34-36-38-40-42-49(51)57-48(47-56-58(52,53)55-45-43-50(3,4)5)46-54-44-41-39-37-35-33-31-29-27-23-21-19-17-15-13-11-9-7-2/h14,16,20,22,48H,6-13,15,17-19,21,23-47H2,1-5H3/b16-14-,22-20-. The number of likely N-dealkylation sites (N-methyl/N-ethyl adjacent to an activating group) is 1. The van der Waals surface area contributed by atoms with Crippen molar-refractivity contribution in [3.8, 4) is 0 Å². The van der Waals surface area contributed by atoms with Gasteiger partial charge in [-0.2, -0.15) is 0 Å². The molecule has 58 heavy (non-hydrogen) atoms. The second-order valence-electron chi connectivity index (χ2n) is 17.8. The summed E-state index contributed by atoms with van der Waals surface area (Å²) >= 11 is 0. The van der Waals surface area contributed by atoms with Gasteiger partial charge in [0.1, 0.15) is 19.3 Å². The molecule has 0 amide bonds. The summed E-state index contributed by atoms with van der Waals surface area (Å²) in [5.41, 5.74) is 0. The zero-order chi connectivity index (χ0) is 42.7. The Hall–Kier alpha value is -1.02. The van der Waals surface area contributed by atoms with Gasteiger partial charge in [-0.05, 0) is 44.9 Å². The predicted octanol–water partition coefficient (Wildman–Crippen LogP) is 14.1. The maximum atomic E-state index is 12.7. The highest BCUT2D eigenvalue weighted by Gasteiger charge is 2.20. The Morgan fingerprint density at radius 1 is 0.534 bits per heavy atom. The van der Waals surface area contributed by atoms with Gasteiger partial charge >= 0.3 is 5.97 Å². The first-order valence-electron chi connectivity index (χ1n) is 24.6. The maximum absolute atomic E-state index is 12.7. The van der Waals surface area contributed by atoms with Gasteiger partial charge in [-0.1, -0.05) is 199 Å². The Labute approximate surface area is 360 Å². The van der Waals surface area contributed by atoms with Crippen molar-refractivity contribution >= 4 is 13.8 Å². The van der Waals surface area contributed by atoms with Gasteiger partial charge in [0.15, 0.2) is 0 Å². The smallest absolute Gasteiger partial charge is 0.306 e. The second-order valence-corrected chi connectivity index (χ2v) is 19.2. The molecule has 0 aliphatic heterocycles. The second kappa shape index (κ2) is 42.7. The van der Waals surface area contributed by atoms with Gasteiger partial charge in [0.05, 0.1) is 34.4 Å². The third-order valence-corrected chi connectivity index (χ3v) is 11.7. The van der Waals surface area contributed by atoms with Gasteiger partial charge in [0, 0.05) is 13.0 Å². The van der Waals surface area contributed by atoms with Crippen LogP contribution in [0.3, 0.4) is 0 Å². The number of ether oxygens (including phenoxy) is 2. The molecule has 2 unspecified atom stereocenters. The van der Waals surface area contributed by atoms with E-state index in [1.807, 2.05) is 21.1 Å². The van der Waals surface area contributed by atoms with Crippen molar-refractivity contribution in [1.82, 2.24) is 0 Å². The summed E-state index contributed by atoms with van der Waals surface area (Å²) < 4.78 is 34.7. The topological polar surface area (TPSA) is 94.1 Å². The molecule has 0 aromatic heterocycles. The van der Waals surface area contributed by atoms with Crippen LogP contribution in [0.15, 0.2) is 24.3 Å². The molecule has 0 saturated heterocycles. The lowest BCUT2D eigenvalue weighted by Gasteiger charge is -2.28. The Kier molecular flexibility index (Phi) is 41.9. The molecule has 0 spiro atoms. The van der Waals surface area contributed by atoms with E-state index in [2.05, 4.69) is 38.2 Å². The van der Waals surface area contributed by atoms with Gasteiger partial charge in [0.25, 0.3) is 7.82 Å². The van der Waals surface area contributed by atoms with Crippen molar-refractivity contribution in [2.24, 2.45) is 0 Å². The van der Waals surface area contributed by atoms with Crippen LogP contribution in [0.25, 0.3) is 0 Å². The number of unbranched alkanes of at least 4 members (excludes halogenated alkanes) is 28. The van der Waals surface area contributed by atoms with Gasteiger partial charge in [0.2, 0.25) is 0 Å². The highest BCUT2D eigenvalue weighted by atomic mass is 31.2. The number of carbonyl (C=O) groups excluding carboxylic acids is 1. The van der Waals surface area contributed by atoms with Crippen molar-refractivity contribution < 1.29 is 37.3 Å². The SMILES string of the molecule is CCCCC/C=C\C/C=C\CCCCCCCCCCCC(=O)OC(COCCCCCCCCCCCCCCCCCCC)COP(=O)([O-])OCC[N+](C)(C)C. The fourth-order valence-corrected chi connectivity index (χ4v) is 7.66. The zero-order valence-electron chi connectivity index (χ0n) is 39.0. The molecule has 0 N–H and O–H groups in total. The van der Waals surface area contributed by atoms with E-state index >= 15 is 0 Å². The summed E-state index contributed by atoms with van der Waals surface area (Å²) in [6.45, 7) is 5.43. The molecule has 0 saturated carbocycles. The lowest BCUT2D eigenvalue weighted by atomic mass is 10.0. The minimum atomic E-state index is -4.53. The Morgan fingerprint density at radius 3 is 1.43 bits per heavy atom. The monoisotopic (exact) mass is 842 g/mol. The average molecular weight is 842 g/mol. The van der Waals surface area contributed by atoms with Crippen LogP contribution in [-0.2, 0) is 27.9 Å². The molecule has 9 heteroatoms. The summed E-state index contributed by atoms with van der Waals surface area (Å²) in [6, 6.07) is 0. The quantitative estimate of drug-likeness (QED) is 0.0198. The normalized spacial score (nSPS) is 13.8. The van der Waals surface area contributed by atoms with Crippen LogP contribution < -0.4 is 4.89 Å². The highest BCUT2D eigenvalue weighted by molar-refractivity contribution is 7.45. The number of carbonyl (C=O) groups is 1. The molecule has 0 fully saturated rings. The van der Waals surface area contributed by atoms with Gasteiger partial charge < -0.3 is 27.9 Å². The molecule has 0 heterocycles. The fourth-order valence-electron chi connectivity index (χ4n) is 6.93. The van der Waals surface area contributed by atoms with Gasteiger partial charge in [-0.25, -0.2) is 0 Å². The number of phosphoric acid groups is 1. The molecule has 8 nitrogen and oxygen atoms in total. The van der Waals surface area contributed by atoms with E-state index in [9.17, 15) is 14.3 Å². The molecule has 0 aromatic carbocycles. The van der Waals surface area contributed by atoms with Crippen molar-refractivity contribution in [3.63, 3.8) is 0 Å². The molecule has 0 bridgehead atoms. The van der Waals surface area contributed by atoms with E-state index in [-0.39, 0.29) is 25.8 Å². The van der Waals surface area contributed by atoms with Crippen LogP contribution >= 0.6 is 7.82 Å². The number of quaternary nitrogens is 1. The van der Waals surface area contributed by atoms with Crippen LogP contribution in [0, 0.1) is 0 Å². The van der Waals surface area contributed by atoms with E-state index in [1.165, 1.54) is 167 Å². The summed E-state index contributed by atoms with van der Waals surface area (Å²) in [5.74, 6) is -0.335. The first-order valence-corrected chi connectivity index (χ1v) is 26.0. The fraction of sp³-hybridized carbons (Fsp3) is 0.898. The first kappa shape index (κ1) is 57.0. The third-order valence-electron chi connectivity index (χ3n) is 10.8. The van der Waals surface area contributed by atoms with E-state index < -0.39 is 13.9 Å². The van der Waals surface area contributed by atoms with Crippen LogP contribution in [0.5, 0.6) is 0 Å². The van der Waals surface area contributed by atoms with E-state index in [0.29, 0.717) is 24.1 Å². The predicted molar refractivity (Wildman–Crippen MR) is 245 cm³/mol. The number of allylic oxidation sites excluding steroid dienone is 4. The maximum Gasteiger partial charge on any atom is 0.306 e. The molecule has 344 valence electrons. The summed E-state index contributed by atoms with van der Waals surface area (Å²) in [6.07, 6.45) is 49.0. The van der Waals surface area contributed by atoms with Crippen LogP contribution in [-0.4, -0.2) is 70.7 Å². The number of hydrogen-bond donors (Lipinski definition) is 0. The van der Waals surface area contributed by atoms with E-state index in [0.717, 1.165) is 38.5 Å². The van der Waals surface area contributed by atoms with Crippen LogP contribution in [0.4, 0.5) is 0 Å². The van der Waals surface area contributed by atoms with Crippen molar-refractivity contribution in [2.75, 3.05) is 54.1 Å². The minimum absolute atomic E-state index is 0.0275. The minimum Gasteiger partial charge on any atom is -0.756 e. The Bertz CT molecular complexity index is 983. The number of rotatable bonds is 46. The number of esters is 1. The van der Waals surface area contributed by atoms with Crippen LogP contribution in [0.1, 0.15) is 226 Å². The molecule has 0 rings (SSSR count). The van der Waals surface area contributed by atoms with Crippen molar-refractivity contribution in [2.45, 2.75) is 232 Å². The molecule has 2 atom stereocenters. The summed E-state index contributed by atoms with van der Waals surface area (Å²) in [4.78, 5) is 25.1. The van der Waals surface area contributed by atoms with Crippen molar-refractivity contribution in [3.05, 3.63) is 24.3 Å². The number of phosphoric ester groups is 1. The Morgan fingerprint density at radius 2 is 0.948 bits per heavy atom. The lowest BCUT2D eigenvalue weighted by molar-refractivity contribution is -0.870. The Balaban J connectivity index is 4.15. The third kappa shape index (κ3) is 46.1. The molecule has 0 aromatic rings. The van der Waals surface area contributed by atoms with Crippen molar-refractivity contribution in [1.29, 1.82) is 0 Å². The van der Waals surface area contributed by atoms with Gasteiger partial charge in [-0.3, -0.25) is 9.36 Å². The largest absolute Gasteiger partial charge is 0.756 e. The molecular weight excluding hydrogens is 746 g/mol. The first-order chi connectivity index (χ1) is 28.1. The summed E-state index contributed by atoms with van der Waals surface area (Å²) in [5, 5.41) is 0. The van der Waals surface area contributed by atoms with Crippen LogP contribution in [0.2, 0.25) is 0 Å². The molecular formula is C49H96NO7P. The lowest BCUT2D eigenvalue weighted by Crippen LogP contribution is -2.37. The molecule has 0 aliphatic carbocycles. The molecule has 0 radical (unpaired) electrons. The van der Waals surface area contributed by atoms with E-state index in [4.69, 9.17) is 18.5 Å². The molecule has 0 aliphatic rings. The zero-order valence-corrected chi connectivity index (χ0v) is 39.9. The number of nitrogens with zero attached hydrogens (tertiary/aromatic N) is 1. The van der Waals surface area contributed by atoms with Gasteiger partial charge in [-0.15, -0.1) is 0 Å². The number of hydrogen-bond acceptors (Lipinski definition) is 7. The van der Waals surface area contributed by atoms with E-state index in [1.54, 1.807) is 0 Å². The average Bonchev–Trinajstić information content (AvgIpc) is 3.18. The summed E-state index contributed by atoms with van der Waals surface area (Å²) in [7, 11) is 1.36. The highest BCUT2D eigenvalue weighted by Crippen LogP contribution is 2.38.